The van der Waals surface area contributed by atoms with Crippen LogP contribution in [0.25, 0.3) is 0 Å². The molecule has 2 rings (SSSR count). The van der Waals surface area contributed by atoms with Crippen molar-refractivity contribution in [1.29, 1.82) is 0 Å². The van der Waals surface area contributed by atoms with Crippen LogP contribution in [0.5, 0.6) is 0 Å². The number of amides is 2. The van der Waals surface area contributed by atoms with Gasteiger partial charge in [0, 0.05) is 6.54 Å². The highest BCUT2D eigenvalue weighted by molar-refractivity contribution is 5.98. The summed E-state index contributed by atoms with van der Waals surface area (Å²) in [6.45, 7) is 4.75. The third kappa shape index (κ3) is 2.35. The summed E-state index contributed by atoms with van der Waals surface area (Å²) in [6.07, 6.45) is 5.65. The van der Waals surface area contributed by atoms with E-state index in [4.69, 9.17) is 0 Å². The van der Waals surface area contributed by atoms with E-state index in [2.05, 4.69) is 5.32 Å². The van der Waals surface area contributed by atoms with E-state index in [1.807, 2.05) is 19.9 Å². The molecule has 1 saturated carbocycles. The van der Waals surface area contributed by atoms with E-state index < -0.39 is 5.54 Å². The molecule has 1 aliphatic carbocycles. The molecule has 0 radical (unpaired) electrons. The Balaban J connectivity index is 2.14. The SMILES string of the molecule is CC(C)=CCN1CC(=O)NC2(CCCC2)C1=O. The van der Waals surface area contributed by atoms with Gasteiger partial charge >= 0.3 is 0 Å². The first kappa shape index (κ1) is 12.1. The van der Waals surface area contributed by atoms with Gasteiger partial charge in [-0.2, -0.15) is 0 Å². The van der Waals surface area contributed by atoms with Crippen molar-refractivity contribution in [2.45, 2.75) is 45.1 Å². The minimum Gasteiger partial charge on any atom is -0.340 e. The van der Waals surface area contributed by atoms with Gasteiger partial charge in [-0.3, -0.25) is 9.59 Å². The summed E-state index contributed by atoms with van der Waals surface area (Å²) in [5, 5.41) is 2.91. The molecular weight excluding hydrogens is 216 g/mol. The first-order chi connectivity index (χ1) is 8.03. The fourth-order valence-corrected chi connectivity index (χ4v) is 2.67. The molecule has 1 N–H and O–H groups in total. The zero-order chi connectivity index (χ0) is 12.5. The lowest BCUT2D eigenvalue weighted by Crippen LogP contribution is -2.65. The number of carbonyl (C=O) groups excluding carboxylic acids is 2. The van der Waals surface area contributed by atoms with Gasteiger partial charge in [-0.05, 0) is 26.7 Å². The third-order valence-electron chi connectivity index (χ3n) is 3.59. The van der Waals surface area contributed by atoms with Gasteiger partial charge in [-0.25, -0.2) is 0 Å². The van der Waals surface area contributed by atoms with Gasteiger partial charge in [-0.1, -0.05) is 24.5 Å². The molecule has 94 valence electrons. The molecule has 2 aliphatic rings. The zero-order valence-electron chi connectivity index (χ0n) is 10.6. The maximum absolute atomic E-state index is 12.4. The monoisotopic (exact) mass is 236 g/mol. The Labute approximate surface area is 102 Å². The van der Waals surface area contributed by atoms with E-state index in [1.54, 1.807) is 4.90 Å². The molecule has 4 nitrogen and oxygen atoms in total. The fourth-order valence-electron chi connectivity index (χ4n) is 2.67. The predicted molar refractivity (Wildman–Crippen MR) is 65.4 cm³/mol. The molecule has 0 aromatic rings. The van der Waals surface area contributed by atoms with E-state index in [1.165, 1.54) is 5.57 Å². The quantitative estimate of drug-likeness (QED) is 0.733. The highest BCUT2D eigenvalue weighted by Crippen LogP contribution is 2.33. The van der Waals surface area contributed by atoms with Crippen LogP contribution < -0.4 is 5.32 Å². The number of nitrogens with one attached hydrogen (secondary N) is 1. The summed E-state index contributed by atoms with van der Waals surface area (Å²) in [7, 11) is 0. The number of piperazine rings is 1. The standard InChI is InChI=1S/C13H20N2O2/c1-10(2)5-8-15-9-11(16)14-13(12(15)17)6-3-4-7-13/h5H,3-4,6-9H2,1-2H3,(H,14,16). The van der Waals surface area contributed by atoms with Crippen LogP contribution in [0.2, 0.25) is 0 Å². The number of nitrogens with zero attached hydrogens (tertiary/aromatic N) is 1. The Bertz CT molecular complexity index is 364. The van der Waals surface area contributed by atoms with Crippen molar-refractivity contribution < 1.29 is 9.59 Å². The van der Waals surface area contributed by atoms with Crippen LogP contribution in [0, 0.1) is 0 Å². The Morgan fingerprint density at radius 2 is 2.00 bits per heavy atom. The first-order valence-electron chi connectivity index (χ1n) is 6.27. The molecule has 17 heavy (non-hydrogen) atoms. The van der Waals surface area contributed by atoms with Crippen molar-refractivity contribution >= 4 is 11.8 Å². The van der Waals surface area contributed by atoms with Crippen molar-refractivity contribution in [3.05, 3.63) is 11.6 Å². The molecule has 1 saturated heterocycles. The Morgan fingerprint density at radius 3 is 2.59 bits per heavy atom. The van der Waals surface area contributed by atoms with E-state index in [-0.39, 0.29) is 18.4 Å². The van der Waals surface area contributed by atoms with Crippen LogP contribution >= 0.6 is 0 Å². The first-order valence-corrected chi connectivity index (χ1v) is 6.27. The van der Waals surface area contributed by atoms with Crippen LogP contribution in [0.3, 0.4) is 0 Å². The average Bonchev–Trinajstić information content (AvgIpc) is 2.71. The molecule has 1 aliphatic heterocycles. The summed E-state index contributed by atoms with van der Waals surface area (Å²) in [5.74, 6) is 0.0840. The molecule has 0 aromatic carbocycles. The van der Waals surface area contributed by atoms with Gasteiger partial charge in [-0.15, -0.1) is 0 Å². The number of rotatable bonds is 2. The lowest BCUT2D eigenvalue weighted by Gasteiger charge is -2.39. The summed E-state index contributed by atoms with van der Waals surface area (Å²) < 4.78 is 0. The Kier molecular flexibility index (Phi) is 3.22. The van der Waals surface area contributed by atoms with Crippen molar-refractivity contribution in [2.75, 3.05) is 13.1 Å². The second-order valence-electron chi connectivity index (χ2n) is 5.30. The lowest BCUT2D eigenvalue weighted by atomic mass is 9.93. The van der Waals surface area contributed by atoms with Crippen molar-refractivity contribution in [1.82, 2.24) is 10.2 Å². The number of carbonyl (C=O) groups is 2. The smallest absolute Gasteiger partial charge is 0.249 e. The fraction of sp³-hybridized carbons (Fsp3) is 0.692. The van der Waals surface area contributed by atoms with E-state index in [0.29, 0.717) is 6.54 Å². The molecule has 1 heterocycles. The number of hydrogen-bond acceptors (Lipinski definition) is 2. The highest BCUT2D eigenvalue weighted by atomic mass is 16.2. The van der Waals surface area contributed by atoms with E-state index in [9.17, 15) is 9.59 Å². The van der Waals surface area contributed by atoms with Crippen molar-refractivity contribution in [3.63, 3.8) is 0 Å². The molecule has 0 atom stereocenters. The minimum absolute atomic E-state index is 0.0198. The topological polar surface area (TPSA) is 49.4 Å². The van der Waals surface area contributed by atoms with Gasteiger partial charge < -0.3 is 10.2 Å². The number of hydrogen-bond donors (Lipinski definition) is 1. The van der Waals surface area contributed by atoms with E-state index >= 15 is 0 Å². The van der Waals surface area contributed by atoms with Gasteiger partial charge in [0.05, 0.1) is 6.54 Å². The molecule has 2 amide bonds. The van der Waals surface area contributed by atoms with Crippen molar-refractivity contribution in [3.8, 4) is 0 Å². The summed E-state index contributed by atoms with van der Waals surface area (Å²) in [4.78, 5) is 25.8. The largest absolute Gasteiger partial charge is 0.340 e. The number of allylic oxidation sites excluding steroid dienone is 1. The molecule has 0 unspecified atom stereocenters. The van der Waals surface area contributed by atoms with Gasteiger partial charge in [0.2, 0.25) is 11.8 Å². The van der Waals surface area contributed by atoms with Crippen LogP contribution in [0.15, 0.2) is 11.6 Å². The van der Waals surface area contributed by atoms with Crippen LogP contribution in [-0.2, 0) is 9.59 Å². The molecular formula is C13H20N2O2. The predicted octanol–water partition coefficient (Wildman–Crippen LogP) is 1.22. The van der Waals surface area contributed by atoms with Crippen molar-refractivity contribution in [2.24, 2.45) is 0 Å². The van der Waals surface area contributed by atoms with Crippen LogP contribution in [-0.4, -0.2) is 35.3 Å². The van der Waals surface area contributed by atoms with E-state index in [0.717, 1.165) is 25.7 Å². The average molecular weight is 236 g/mol. The highest BCUT2D eigenvalue weighted by Gasteiger charge is 2.47. The minimum atomic E-state index is -0.579. The third-order valence-corrected chi connectivity index (χ3v) is 3.59. The van der Waals surface area contributed by atoms with Crippen LogP contribution in [0.4, 0.5) is 0 Å². The lowest BCUT2D eigenvalue weighted by molar-refractivity contribution is -0.149. The molecule has 4 heteroatoms. The molecule has 1 spiro atoms. The molecule has 0 aromatic heterocycles. The maximum Gasteiger partial charge on any atom is 0.249 e. The second-order valence-corrected chi connectivity index (χ2v) is 5.30. The molecule has 0 bridgehead atoms. The zero-order valence-corrected chi connectivity index (χ0v) is 10.6. The maximum atomic E-state index is 12.4. The summed E-state index contributed by atoms with van der Waals surface area (Å²) in [6, 6.07) is 0. The summed E-state index contributed by atoms with van der Waals surface area (Å²) >= 11 is 0. The summed E-state index contributed by atoms with van der Waals surface area (Å²) in [5.41, 5.74) is 0.592. The van der Waals surface area contributed by atoms with Gasteiger partial charge in [0.1, 0.15) is 5.54 Å². The Hall–Kier alpha value is -1.32. The molecule has 2 fully saturated rings. The van der Waals surface area contributed by atoms with Crippen LogP contribution in [0.1, 0.15) is 39.5 Å². The Morgan fingerprint density at radius 1 is 1.35 bits per heavy atom. The normalized spacial score (nSPS) is 22.8. The van der Waals surface area contributed by atoms with Gasteiger partial charge in [0.15, 0.2) is 0 Å². The second kappa shape index (κ2) is 4.51. The van der Waals surface area contributed by atoms with Gasteiger partial charge in [0.25, 0.3) is 0 Å².